The summed E-state index contributed by atoms with van der Waals surface area (Å²) in [4.78, 5) is 27.9. The van der Waals surface area contributed by atoms with Crippen LogP contribution in [0.15, 0.2) is 17.1 Å². The van der Waals surface area contributed by atoms with Crippen LogP contribution in [-0.2, 0) is 23.1 Å². The van der Waals surface area contributed by atoms with E-state index in [1.807, 2.05) is 27.7 Å². The average molecular weight is 512 g/mol. The molecule has 10 nitrogen and oxygen atoms in total. The summed E-state index contributed by atoms with van der Waals surface area (Å²) in [7, 11) is -2.81. The molecular formula is C24H41N3O7Si. The topological polar surface area (TPSA) is 121 Å². The lowest BCUT2D eigenvalue weighted by Crippen LogP contribution is -2.64. The second-order valence-electron chi connectivity index (χ2n) is 10.8. The van der Waals surface area contributed by atoms with Crippen molar-refractivity contribution in [3.05, 3.63) is 22.7 Å². The molecule has 1 unspecified atom stereocenters. The molecule has 35 heavy (non-hydrogen) atoms. The standard InChI is InChI=1S/C24H41N3O7Si/c1-13(2)24(14(3)4)33-21-18(12-31-35(34-24,15(5)6)16(7)8)32-22(20(21)29)27-11-10-19(25-17(9)28)26-23(27)30/h10-11,13-16,18,20-22,29H,12H2,1-9H3,(H,25,26,28,30)/t18-,20?,21+,22-/m1/s1. The van der Waals surface area contributed by atoms with Gasteiger partial charge in [-0.25, -0.2) is 4.79 Å². The van der Waals surface area contributed by atoms with Crippen LogP contribution < -0.4 is 11.0 Å². The van der Waals surface area contributed by atoms with Gasteiger partial charge in [-0.15, -0.1) is 0 Å². The summed E-state index contributed by atoms with van der Waals surface area (Å²) in [6.45, 7) is 18.2. The number of hydrogen-bond donors (Lipinski definition) is 2. The first-order chi connectivity index (χ1) is 16.2. The molecule has 2 saturated heterocycles. The minimum absolute atomic E-state index is 0.0400. The summed E-state index contributed by atoms with van der Waals surface area (Å²) in [5.41, 5.74) is -0.358. The van der Waals surface area contributed by atoms with E-state index in [-0.39, 0.29) is 41.3 Å². The number of nitrogens with one attached hydrogen (secondary N) is 1. The highest BCUT2D eigenvalue weighted by molar-refractivity contribution is 6.70. The van der Waals surface area contributed by atoms with Crippen molar-refractivity contribution in [2.75, 3.05) is 11.9 Å². The molecule has 1 aromatic heterocycles. The van der Waals surface area contributed by atoms with Crippen molar-refractivity contribution in [2.24, 2.45) is 11.8 Å². The van der Waals surface area contributed by atoms with Gasteiger partial charge >= 0.3 is 14.3 Å². The molecular weight excluding hydrogens is 470 g/mol. The van der Waals surface area contributed by atoms with Gasteiger partial charge in [0.1, 0.15) is 24.1 Å². The Labute approximate surface area is 208 Å². The largest absolute Gasteiger partial charge is 0.391 e. The number of fused-ring (bicyclic) bond motifs is 1. The first-order valence-corrected chi connectivity index (χ1v) is 14.4. The van der Waals surface area contributed by atoms with Crippen LogP contribution in [0.2, 0.25) is 11.1 Å². The van der Waals surface area contributed by atoms with Gasteiger partial charge in [0.25, 0.3) is 0 Å². The quantitative estimate of drug-likeness (QED) is 0.559. The molecule has 2 aliphatic heterocycles. The number of carbonyl (C=O) groups is 1. The third kappa shape index (κ3) is 5.12. The van der Waals surface area contributed by atoms with Crippen LogP contribution >= 0.6 is 0 Å². The Morgan fingerprint density at radius 1 is 1.17 bits per heavy atom. The minimum Gasteiger partial charge on any atom is -0.391 e. The molecule has 2 aliphatic rings. The summed E-state index contributed by atoms with van der Waals surface area (Å²) in [6, 6.07) is 1.49. The Balaban J connectivity index is 2.03. The smallest absolute Gasteiger partial charge is 0.351 e. The second-order valence-corrected chi connectivity index (χ2v) is 15.0. The van der Waals surface area contributed by atoms with Crippen LogP contribution in [0.1, 0.15) is 68.5 Å². The number of aliphatic hydroxyl groups excluding tert-OH is 1. The Hall–Kier alpha value is -1.63. The molecule has 0 saturated carbocycles. The van der Waals surface area contributed by atoms with Crippen LogP contribution in [0.4, 0.5) is 5.82 Å². The monoisotopic (exact) mass is 511 g/mol. The highest BCUT2D eigenvalue weighted by Gasteiger charge is 2.60. The molecule has 2 fully saturated rings. The van der Waals surface area contributed by atoms with Gasteiger partial charge in [-0.3, -0.25) is 9.36 Å². The number of ether oxygens (including phenoxy) is 2. The SMILES string of the molecule is CC(=O)Nc1ccn([C@@H]2O[C@@H]3CO[Si](C(C)C)(C(C)C)OC(C(C)C)(C(C)C)O[C@@H]3C2O)c(=O)n1. The van der Waals surface area contributed by atoms with Gasteiger partial charge in [0, 0.05) is 25.0 Å². The van der Waals surface area contributed by atoms with Crippen molar-refractivity contribution in [2.45, 2.75) is 104 Å². The normalized spacial score (nSPS) is 28.3. The second kappa shape index (κ2) is 10.4. The molecule has 3 rings (SSSR count). The zero-order chi connectivity index (χ0) is 26.3. The maximum Gasteiger partial charge on any atom is 0.351 e. The first-order valence-electron chi connectivity index (χ1n) is 12.5. The van der Waals surface area contributed by atoms with Gasteiger partial charge in [0.2, 0.25) is 5.91 Å². The van der Waals surface area contributed by atoms with Crippen molar-refractivity contribution in [3.8, 4) is 0 Å². The van der Waals surface area contributed by atoms with Crippen molar-refractivity contribution in [3.63, 3.8) is 0 Å². The van der Waals surface area contributed by atoms with E-state index in [1.54, 1.807) is 0 Å². The van der Waals surface area contributed by atoms with Crippen molar-refractivity contribution >= 4 is 20.3 Å². The van der Waals surface area contributed by atoms with Gasteiger partial charge < -0.3 is 28.7 Å². The average Bonchev–Trinajstić information content (AvgIpc) is 3.01. The van der Waals surface area contributed by atoms with Crippen LogP contribution in [0.5, 0.6) is 0 Å². The van der Waals surface area contributed by atoms with Crippen molar-refractivity contribution < 1.29 is 28.2 Å². The van der Waals surface area contributed by atoms with Gasteiger partial charge in [0.15, 0.2) is 12.0 Å². The first kappa shape index (κ1) is 27.9. The fourth-order valence-corrected chi connectivity index (χ4v) is 9.20. The molecule has 0 bridgehead atoms. The molecule has 1 amide bonds. The molecule has 1 aromatic rings. The van der Waals surface area contributed by atoms with Gasteiger partial charge in [-0.2, -0.15) is 4.98 Å². The molecule has 0 aromatic carbocycles. The molecule has 198 valence electrons. The van der Waals surface area contributed by atoms with E-state index in [0.29, 0.717) is 0 Å². The molecule has 4 atom stereocenters. The lowest BCUT2D eigenvalue weighted by Gasteiger charge is -2.52. The third-order valence-electron chi connectivity index (χ3n) is 7.05. The van der Waals surface area contributed by atoms with Crippen molar-refractivity contribution in [1.82, 2.24) is 9.55 Å². The van der Waals surface area contributed by atoms with Crippen LogP contribution in [0, 0.1) is 11.8 Å². The Bertz CT molecular complexity index is 949. The number of rotatable bonds is 6. The highest BCUT2D eigenvalue weighted by Crippen LogP contribution is 2.47. The number of nitrogens with zero attached hydrogens (tertiary/aromatic N) is 2. The van der Waals surface area contributed by atoms with E-state index in [9.17, 15) is 14.7 Å². The minimum atomic E-state index is -2.81. The fourth-order valence-electron chi connectivity index (χ4n) is 5.22. The Morgan fingerprint density at radius 3 is 2.26 bits per heavy atom. The summed E-state index contributed by atoms with van der Waals surface area (Å²) >= 11 is 0. The molecule has 0 spiro atoms. The summed E-state index contributed by atoms with van der Waals surface area (Å²) in [5, 5.41) is 13.8. The number of aromatic nitrogens is 2. The number of aliphatic hydroxyl groups is 1. The van der Waals surface area contributed by atoms with E-state index in [2.05, 4.69) is 38.0 Å². The zero-order valence-corrected chi connectivity index (χ0v) is 23.3. The van der Waals surface area contributed by atoms with Crippen LogP contribution in [-0.4, -0.2) is 59.8 Å². The van der Waals surface area contributed by atoms with Gasteiger partial charge in [0.05, 0.1) is 6.61 Å². The van der Waals surface area contributed by atoms with Crippen molar-refractivity contribution in [1.29, 1.82) is 0 Å². The maximum absolute atomic E-state index is 12.7. The van der Waals surface area contributed by atoms with E-state index < -0.39 is 44.6 Å². The van der Waals surface area contributed by atoms with E-state index in [4.69, 9.17) is 18.3 Å². The molecule has 0 radical (unpaired) electrons. The molecule has 11 heteroatoms. The lowest BCUT2D eigenvalue weighted by atomic mass is 9.91. The van der Waals surface area contributed by atoms with E-state index in [0.717, 1.165) is 0 Å². The maximum atomic E-state index is 12.7. The van der Waals surface area contributed by atoms with E-state index in [1.165, 1.54) is 23.8 Å². The number of amides is 1. The molecule has 3 heterocycles. The fraction of sp³-hybridized carbons (Fsp3) is 0.792. The van der Waals surface area contributed by atoms with Gasteiger partial charge in [-0.1, -0.05) is 55.4 Å². The number of carbonyl (C=O) groups excluding carboxylic acids is 1. The Kier molecular flexibility index (Phi) is 8.29. The van der Waals surface area contributed by atoms with Gasteiger partial charge in [-0.05, 0) is 17.1 Å². The predicted molar refractivity (Wildman–Crippen MR) is 133 cm³/mol. The predicted octanol–water partition coefficient (Wildman–Crippen LogP) is 3.16. The number of anilines is 1. The van der Waals surface area contributed by atoms with Crippen LogP contribution in [0.3, 0.4) is 0 Å². The highest BCUT2D eigenvalue weighted by atomic mass is 28.4. The number of hydrogen-bond acceptors (Lipinski definition) is 8. The summed E-state index contributed by atoms with van der Waals surface area (Å²) < 4.78 is 27.8. The third-order valence-corrected chi connectivity index (χ3v) is 11.5. The Morgan fingerprint density at radius 2 is 1.77 bits per heavy atom. The lowest BCUT2D eigenvalue weighted by molar-refractivity contribution is -0.297. The molecule has 2 N–H and O–H groups in total. The summed E-state index contributed by atoms with van der Waals surface area (Å²) in [6.07, 6.45) is -2.13. The van der Waals surface area contributed by atoms with Crippen LogP contribution in [0.25, 0.3) is 0 Å². The molecule has 0 aliphatic carbocycles. The van der Waals surface area contributed by atoms with E-state index >= 15 is 0 Å². The zero-order valence-electron chi connectivity index (χ0n) is 22.3. The summed E-state index contributed by atoms with van der Waals surface area (Å²) in [5.74, 6) is -1.29.